The van der Waals surface area contributed by atoms with Gasteiger partial charge in [-0.05, 0) is 93.4 Å². The zero-order valence-corrected chi connectivity index (χ0v) is 42.9. The highest BCUT2D eigenvalue weighted by atomic mass is 32.2. The number of amides is 6. The number of aromatic hydroxyl groups is 1. The lowest BCUT2D eigenvalue weighted by molar-refractivity contribution is -0.157. The van der Waals surface area contributed by atoms with Crippen LogP contribution in [0.5, 0.6) is 5.75 Å². The molecule has 73 heavy (non-hydrogen) atoms. The SMILES string of the molecule is CC[C@@H]1NC(=O)[C@@H](NC(=O)c2ncccc2O)[C@@H](C)OC(=O)[C@H](c2ccccc2)NC(=O)C2CC(=O)[C@H](CS[C@@H]3CN4CCC3CC4)CN2C(=O)[C@H](Cc2ccc(N(C)C)cc2)N(C)C(=O)[C@@H]2CCCN2C1=O. The van der Waals surface area contributed by atoms with E-state index < -0.39 is 101 Å². The summed E-state index contributed by atoms with van der Waals surface area (Å²) in [6.07, 6.45) is 2.40. The minimum absolute atomic E-state index is 0.0289. The van der Waals surface area contributed by atoms with E-state index in [1.54, 1.807) is 49.0 Å². The van der Waals surface area contributed by atoms with Gasteiger partial charge in [-0.1, -0.05) is 49.4 Å². The zero-order valence-electron chi connectivity index (χ0n) is 42.1. The monoisotopic (exact) mass is 1020 g/mol. The molecule has 3 aromatic rings. The van der Waals surface area contributed by atoms with Crippen molar-refractivity contribution in [1.29, 1.82) is 0 Å². The number of nitrogens with one attached hydrogen (secondary N) is 3. The Kier molecular flexibility index (Phi) is 16.7. The van der Waals surface area contributed by atoms with E-state index in [9.17, 15) is 29.1 Å². The molecule has 19 nitrogen and oxygen atoms in total. The topological polar surface area (TPSA) is 231 Å². The van der Waals surface area contributed by atoms with E-state index in [1.807, 2.05) is 43.3 Å². The molecule has 0 spiro atoms. The van der Waals surface area contributed by atoms with Gasteiger partial charge in [-0.2, -0.15) is 11.8 Å². The number of benzene rings is 2. The smallest absolute Gasteiger partial charge is 0.333 e. The van der Waals surface area contributed by atoms with E-state index in [0.29, 0.717) is 23.3 Å². The highest BCUT2D eigenvalue weighted by Gasteiger charge is 2.48. The maximum atomic E-state index is 15.7. The van der Waals surface area contributed by atoms with Gasteiger partial charge >= 0.3 is 5.97 Å². The fourth-order valence-corrected chi connectivity index (χ4v) is 12.4. The summed E-state index contributed by atoms with van der Waals surface area (Å²) in [5.74, 6) is -5.83. The van der Waals surface area contributed by atoms with Crippen LogP contribution in [-0.2, 0) is 44.7 Å². The Morgan fingerprint density at radius 3 is 2.23 bits per heavy atom. The second kappa shape index (κ2) is 23.1. The van der Waals surface area contributed by atoms with Crippen LogP contribution in [0.3, 0.4) is 0 Å². The van der Waals surface area contributed by atoms with Crippen LogP contribution in [-0.4, -0.2) is 178 Å². The van der Waals surface area contributed by atoms with Crippen molar-refractivity contribution in [3.63, 3.8) is 0 Å². The molecule has 6 aliphatic heterocycles. The van der Waals surface area contributed by atoms with Gasteiger partial charge in [0.25, 0.3) is 5.91 Å². The van der Waals surface area contributed by atoms with E-state index in [0.717, 1.165) is 43.7 Å². The molecule has 6 saturated heterocycles. The molecule has 390 valence electrons. The van der Waals surface area contributed by atoms with Crippen molar-refractivity contribution in [3.05, 3.63) is 89.7 Å². The second-order valence-electron chi connectivity index (χ2n) is 20.1. The number of hydrogen-bond donors (Lipinski definition) is 4. The summed E-state index contributed by atoms with van der Waals surface area (Å²) in [4.78, 5) is 130. The standard InChI is InChI=1S/C53H67N9O10S/c1-6-37-50(68)61-23-11-14-38(61)51(69)59(5)40(26-32-16-18-36(19-17-32)58(3)4)52(70)62-28-35(30-73-43-29-60-24-20-33(43)21-25-60)42(64)27-39(62)47(65)57-45(34-12-8-7-9-13-34)53(71)72-31(2)44(48(66)55-37)56-49(67)46-41(63)15-10-22-54-46/h7-10,12-13,15-19,22,31,33,35,37-40,43-45,63H,6,11,14,20-21,23-30H2,1-5H3,(H,55,66)(H,56,67)(H,57,65)/t31-,35+,37+,38+,39?,40+,43-,44+,45+/m1/s1. The molecule has 6 aliphatic rings. The summed E-state index contributed by atoms with van der Waals surface area (Å²) in [6, 6.07) is 10.3. The number of aromatic nitrogens is 1. The van der Waals surface area contributed by atoms with Gasteiger partial charge in [0.2, 0.25) is 29.5 Å². The first-order valence-electron chi connectivity index (χ1n) is 25.3. The van der Waals surface area contributed by atoms with Gasteiger partial charge in [0, 0.05) is 82.4 Å². The van der Waals surface area contributed by atoms with Crippen LogP contribution in [0.25, 0.3) is 0 Å². The molecule has 1 aromatic heterocycles. The normalized spacial score (nSPS) is 29.5. The van der Waals surface area contributed by atoms with Gasteiger partial charge in [0.05, 0.1) is 0 Å². The van der Waals surface area contributed by atoms with Gasteiger partial charge < -0.3 is 50.3 Å². The second-order valence-corrected chi connectivity index (χ2v) is 21.4. The molecule has 2 aromatic carbocycles. The fraction of sp³-hybridized carbons (Fsp3) is 0.528. The lowest BCUT2D eigenvalue weighted by atomic mass is 9.88. The third kappa shape index (κ3) is 11.8. The summed E-state index contributed by atoms with van der Waals surface area (Å²) in [5, 5.41) is 18.8. The highest BCUT2D eigenvalue weighted by molar-refractivity contribution is 8.00. The molecule has 20 heteroatoms. The minimum atomic E-state index is -1.69. The Hall–Kier alpha value is -6.54. The first kappa shape index (κ1) is 52.8. The predicted molar refractivity (Wildman–Crippen MR) is 272 cm³/mol. The highest BCUT2D eigenvalue weighted by Crippen LogP contribution is 2.37. The molecule has 6 amide bonds. The van der Waals surface area contributed by atoms with Crippen LogP contribution in [0, 0.1) is 11.8 Å². The van der Waals surface area contributed by atoms with E-state index in [2.05, 4.69) is 25.8 Å². The number of piperidine rings is 4. The van der Waals surface area contributed by atoms with Crippen molar-refractivity contribution in [2.24, 2.45) is 11.8 Å². The molecule has 0 radical (unpaired) electrons. The number of fused-ring (bicyclic) bond motifs is 5. The van der Waals surface area contributed by atoms with E-state index in [4.69, 9.17) is 4.74 Å². The summed E-state index contributed by atoms with van der Waals surface area (Å²) in [7, 11) is 5.33. The number of carbonyl (C=O) groups is 8. The third-order valence-corrected chi connectivity index (χ3v) is 16.7. The number of carbonyl (C=O) groups excluding carboxylic acids is 8. The summed E-state index contributed by atoms with van der Waals surface area (Å²) >= 11 is 1.73. The Morgan fingerprint density at radius 1 is 0.849 bits per heavy atom. The quantitative estimate of drug-likeness (QED) is 0.214. The molecule has 1 unspecified atom stereocenters. The molecular weight excluding hydrogens is 955 g/mol. The van der Waals surface area contributed by atoms with Gasteiger partial charge in [0.1, 0.15) is 47.8 Å². The molecule has 0 aliphatic carbocycles. The summed E-state index contributed by atoms with van der Waals surface area (Å²) in [5.41, 5.74) is 1.49. The van der Waals surface area contributed by atoms with Gasteiger partial charge in [-0.25, -0.2) is 9.78 Å². The molecule has 2 bridgehead atoms. The van der Waals surface area contributed by atoms with E-state index >= 15 is 14.4 Å². The van der Waals surface area contributed by atoms with E-state index in [-0.39, 0.29) is 50.1 Å². The number of cyclic esters (lactones) is 1. The minimum Gasteiger partial charge on any atom is -0.505 e. The Morgan fingerprint density at radius 2 is 1.58 bits per heavy atom. The van der Waals surface area contributed by atoms with Crippen LogP contribution < -0.4 is 20.9 Å². The lowest BCUT2D eigenvalue weighted by Gasteiger charge is -2.45. The maximum absolute atomic E-state index is 15.7. The van der Waals surface area contributed by atoms with Crippen LogP contribution in [0.1, 0.15) is 80.0 Å². The Bertz CT molecular complexity index is 2540. The molecule has 9 rings (SSSR count). The number of ketones is 1. The molecule has 6 fully saturated rings. The number of Topliss-reactive ketones (excluding diaryl/α,β-unsaturated/α-hetero) is 1. The Balaban J connectivity index is 1.19. The number of anilines is 1. The van der Waals surface area contributed by atoms with Crippen LogP contribution in [0.4, 0.5) is 5.69 Å². The zero-order chi connectivity index (χ0) is 52.1. The predicted octanol–water partition coefficient (Wildman–Crippen LogP) is 2.32. The number of rotatable bonds is 10. The van der Waals surface area contributed by atoms with Crippen molar-refractivity contribution in [2.45, 2.75) is 106 Å². The molecule has 4 N–H and O–H groups in total. The van der Waals surface area contributed by atoms with Crippen LogP contribution in [0.2, 0.25) is 0 Å². The number of nitrogens with zero attached hydrogens (tertiary/aromatic N) is 6. The summed E-state index contributed by atoms with van der Waals surface area (Å²) < 4.78 is 5.97. The largest absolute Gasteiger partial charge is 0.505 e. The first-order chi connectivity index (χ1) is 35.0. The van der Waals surface area contributed by atoms with Gasteiger partial charge in [0.15, 0.2) is 11.7 Å². The maximum Gasteiger partial charge on any atom is 0.333 e. The average molecular weight is 1020 g/mol. The number of hydrogen-bond acceptors (Lipinski definition) is 14. The number of thioether (sulfide) groups is 1. The molecule has 0 saturated carbocycles. The number of pyridine rings is 1. The Labute approximate surface area is 430 Å². The van der Waals surface area contributed by atoms with Gasteiger partial charge in [-0.3, -0.25) is 33.6 Å². The first-order valence-corrected chi connectivity index (χ1v) is 26.4. The molecule has 7 heterocycles. The van der Waals surface area contributed by atoms with Crippen molar-refractivity contribution < 1.29 is 48.2 Å². The number of likely N-dealkylation sites (N-methyl/N-ethyl adjacent to an activating group) is 1. The van der Waals surface area contributed by atoms with Crippen molar-refractivity contribution >= 4 is 64.6 Å². The fourth-order valence-electron chi connectivity index (χ4n) is 10.8. The van der Waals surface area contributed by atoms with Gasteiger partial charge in [-0.15, -0.1) is 0 Å². The van der Waals surface area contributed by atoms with Crippen molar-refractivity contribution in [1.82, 2.24) is 40.5 Å². The summed E-state index contributed by atoms with van der Waals surface area (Å²) in [6.45, 7) is 6.11. The molecule has 9 atom stereocenters. The third-order valence-electron chi connectivity index (χ3n) is 15.2. The van der Waals surface area contributed by atoms with Crippen molar-refractivity contribution in [2.75, 3.05) is 64.5 Å². The van der Waals surface area contributed by atoms with Crippen molar-refractivity contribution in [3.8, 4) is 5.75 Å². The van der Waals surface area contributed by atoms with Crippen LogP contribution in [0.15, 0.2) is 72.9 Å². The lowest BCUT2D eigenvalue weighted by Crippen LogP contribution is -2.63. The van der Waals surface area contributed by atoms with E-state index in [1.165, 1.54) is 47.0 Å². The number of ether oxygens (including phenoxy) is 1. The molecular formula is C53H67N9O10S. The average Bonchev–Trinajstić information content (AvgIpc) is 3.89. The van der Waals surface area contributed by atoms with Crippen LogP contribution >= 0.6 is 11.8 Å². The number of esters is 1.